The number of carbonyl (C=O) groups is 2. The first kappa shape index (κ1) is 14.7. The quantitative estimate of drug-likeness (QED) is 0.391. The van der Waals surface area contributed by atoms with E-state index in [4.69, 9.17) is 10.5 Å². The Labute approximate surface area is 96.8 Å². The third-order valence-electron chi connectivity index (χ3n) is 2.19. The third kappa shape index (κ3) is 7.04. The Morgan fingerprint density at radius 1 is 1.19 bits per heavy atom. The average molecular weight is 227 g/mol. The lowest BCUT2D eigenvalue weighted by Gasteiger charge is -2.05. The molecule has 0 heterocycles. The summed E-state index contributed by atoms with van der Waals surface area (Å²) in [5.74, 6) is -1.04. The molecule has 0 saturated carbocycles. The molecule has 4 heteroatoms. The molecule has 0 spiro atoms. The Hall–Kier alpha value is -1.32. The van der Waals surface area contributed by atoms with Crippen LogP contribution < -0.4 is 5.73 Å². The number of esters is 1. The molecule has 1 amide bonds. The van der Waals surface area contributed by atoms with Gasteiger partial charge in [0.15, 0.2) is 0 Å². The molecular weight excluding hydrogens is 206 g/mol. The van der Waals surface area contributed by atoms with Crippen LogP contribution in [0, 0.1) is 0 Å². The number of nitrogens with two attached hydrogens (primary N) is 1. The Kier molecular flexibility index (Phi) is 8.21. The molecule has 0 aliphatic carbocycles. The molecule has 0 aromatic carbocycles. The highest BCUT2D eigenvalue weighted by Gasteiger charge is 2.09. The van der Waals surface area contributed by atoms with E-state index in [1.54, 1.807) is 6.92 Å². The van der Waals surface area contributed by atoms with Gasteiger partial charge in [-0.1, -0.05) is 33.1 Å². The van der Waals surface area contributed by atoms with E-state index < -0.39 is 11.9 Å². The maximum absolute atomic E-state index is 11.4. The van der Waals surface area contributed by atoms with Gasteiger partial charge < -0.3 is 10.5 Å². The fourth-order valence-electron chi connectivity index (χ4n) is 1.26. The van der Waals surface area contributed by atoms with Crippen LogP contribution >= 0.6 is 0 Å². The molecule has 0 unspecified atom stereocenters. The summed E-state index contributed by atoms with van der Waals surface area (Å²) in [7, 11) is 0. The highest BCUT2D eigenvalue weighted by Crippen LogP contribution is 2.05. The molecule has 16 heavy (non-hydrogen) atoms. The summed E-state index contributed by atoms with van der Waals surface area (Å²) >= 11 is 0. The molecule has 0 radical (unpaired) electrons. The minimum atomic E-state index is -0.611. The molecule has 92 valence electrons. The molecule has 2 N–H and O–H groups in total. The highest BCUT2D eigenvalue weighted by molar-refractivity contribution is 5.97. The van der Waals surface area contributed by atoms with Gasteiger partial charge >= 0.3 is 5.97 Å². The van der Waals surface area contributed by atoms with E-state index in [-0.39, 0.29) is 0 Å². The lowest BCUT2D eigenvalue weighted by molar-refractivity contribution is -0.139. The van der Waals surface area contributed by atoms with E-state index in [1.807, 2.05) is 0 Å². The number of ether oxygens (including phenoxy) is 1. The molecule has 4 nitrogen and oxygen atoms in total. The Bertz CT molecular complexity index is 259. The van der Waals surface area contributed by atoms with Crippen molar-refractivity contribution in [2.24, 2.45) is 5.73 Å². The zero-order valence-corrected chi connectivity index (χ0v) is 10.1. The maximum Gasteiger partial charge on any atom is 0.334 e. The molecule has 0 aliphatic heterocycles. The minimum Gasteiger partial charge on any atom is -0.462 e. The van der Waals surface area contributed by atoms with E-state index in [1.165, 1.54) is 0 Å². The SMILES string of the molecule is CCCCCCOC(=O)/C(=C\C(N)=O)CC. The summed E-state index contributed by atoms with van der Waals surface area (Å²) in [6.45, 7) is 4.32. The van der Waals surface area contributed by atoms with Crippen molar-refractivity contribution in [2.45, 2.75) is 46.0 Å². The van der Waals surface area contributed by atoms with Crippen LogP contribution in [0.2, 0.25) is 0 Å². The maximum atomic E-state index is 11.4. The summed E-state index contributed by atoms with van der Waals surface area (Å²) in [5, 5.41) is 0. The summed E-state index contributed by atoms with van der Waals surface area (Å²) in [4.78, 5) is 22.1. The zero-order chi connectivity index (χ0) is 12.4. The van der Waals surface area contributed by atoms with Gasteiger partial charge in [-0.2, -0.15) is 0 Å². The van der Waals surface area contributed by atoms with Gasteiger partial charge in [0, 0.05) is 11.6 Å². The van der Waals surface area contributed by atoms with E-state index in [2.05, 4.69) is 6.92 Å². The first-order valence-corrected chi connectivity index (χ1v) is 5.78. The second-order valence-electron chi connectivity index (χ2n) is 3.62. The largest absolute Gasteiger partial charge is 0.462 e. The Morgan fingerprint density at radius 3 is 2.38 bits per heavy atom. The molecule has 0 rings (SSSR count). The highest BCUT2D eigenvalue weighted by atomic mass is 16.5. The van der Waals surface area contributed by atoms with Crippen LogP contribution in [0.4, 0.5) is 0 Å². The number of hydrogen-bond donors (Lipinski definition) is 1. The fourth-order valence-corrected chi connectivity index (χ4v) is 1.26. The van der Waals surface area contributed by atoms with Crippen molar-refractivity contribution in [3.63, 3.8) is 0 Å². The van der Waals surface area contributed by atoms with Crippen LogP contribution in [0.15, 0.2) is 11.6 Å². The standard InChI is InChI=1S/C12H21NO3/c1-3-5-6-7-8-16-12(15)10(4-2)9-11(13)14/h9H,3-8H2,1-2H3,(H2,13,14)/b10-9-. The number of primary amides is 1. The number of carbonyl (C=O) groups excluding carboxylic acids is 2. The molecule has 0 saturated heterocycles. The van der Waals surface area contributed by atoms with Crippen molar-refractivity contribution in [3.8, 4) is 0 Å². The number of amides is 1. The van der Waals surface area contributed by atoms with E-state index >= 15 is 0 Å². The van der Waals surface area contributed by atoms with Crippen molar-refractivity contribution in [1.29, 1.82) is 0 Å². The normalized spacial score (nSPS) is 11.2. The van der Waals surface area contributed by atoms with Crippen LogP contribution in [0.3, 0.4) is 0 Å². The number of hydrogen-bond acceptors (Lipinski definition) is 3. The lowest BCUT2D eigenvalue weighted by atomic mass is 10.2. The van der Waals surface area contributed by atoms with Crippen LogP contribution in [0.1, 0.15) is 46.0 Å². The van der Waals surface area contributed by atoms with Crippen molar-refractivity contribution < 1.29 is 14.3 Å². The molecular formula is C12H21NO3. The topological polar surface area (TPSA) is 69.4 Å². The summed E-state index contributed by atoms with van der Waals surface area (Å²) in [6.07, 6.45) is 5.81. The number of rotatable bonds is 8. The van der Waals surface area contributed by atoms with E-state index in [0.29, 0.717) is 18.6 Å². The Morgan fingerprint density at radius 2 is 1.88 bits per heavy atom. The monoisotopic (exact) mass is 227 g/mol. The van der Waals surface area contributed by atoms with Gasteiger partial charge in [0.25, 0.3) is 0 Å². The van der Waals surface area contributed by atoms with Crippen molar-refractivity contribution in [1.82, 2.24) is 0 Å². The zero-order valence-electron chi connectivity index (χ0n) is 10.1. The van der Waals surface area contributed by atoms with Crippen LogP contribution in [-0.2, 0) is 14.3 Å². The fraction of sp³-hybridized carbons (Fsp3) is 0.667. The smallest absolute Gasteiger partial charge is 0.334 e. The number of unbranched alkanes of at least 4 members (excludes halogenated alkanes) is 3. The molecule has 0 aromatic rings. The second kappa shape index (κ2) is 8.95. The molecule has 0 aliphatic rings. The molecule has 0 bridgehead atoms. The molecule has 0 fully saturated rings. The first-order valence-electron chi connectivity index (χ1n) is 5.78. The third-order valence-corrected chi connectivity index (χ3v) is 2.19. The van der Waals surface area contributed by atoms with Gasteiger partial charge in [0.1, 0.15) is 0 Å². The Balaban J connectivity index is 3.90. The van der Waals surface area contributed by atoms with Gasteiger partial charge in [-0.25, -0.2) is 4.79 Å². The van der Waals surface area contributed by atoms with Crippen molar-refractivity contribution in [3.05, 3.63) is 11.6 Å². The van der Waals surface area contributed by atoms with Gasteiger partial charge in [-0.15, -0.1) is 0 Å². The predicted molar refractivity (Wildman–Crippen MR) is 62.7 cm³/mol. The molecule has 0 aromatic heterocycles. The van der Waals surface area contributed by atoms with Crippen molar-refractivity contribution >= 4 is 11.9 Å². The predicted octanol–water partition coefficient (Wildman–Crippen LogP) is 1.93. The first-order chi connectivity index (χ1) is 7.61. The molecule has 0 atom stereocenters. The van der Waals surface area contributed by atoms with E-state index in [0.717, 1.165) is 31.8 Å². The van der Waals surface area contributed by atoms with Crippen molar-refractivity contribution in [2.75, 3.05) is 6.61 Å². The van der Waals surface area contributed by atoms with Crippen LogP contribution in [0.5, 0.6) is 0 Å². The van der Waals surface area contributed by atoms with Crippen LogP contribution in [-0.4, -0.2) is 18.5 Å². The van der Waals surface area contributed by atoms with Gasteiger partial charge in [-0.05, 0) is 12.8 Å². The minimum absolute atomic E-state index is 0.336. The lowest BCUT2D eigenvalue weighted by Crippen LogP contribution is -2.13. The van der Waals surface area contributed by atoms with Gasteiger partial charge in [-0.3, -0.25) is 4.79 Å². The summed E-state index contributed by atoms with van der Waals surface area (Å²) < 4.78 is 5.03. The van der Waals surface area contributed by atoms with E-state index in [9.17, 15) is 9.59 Å². The van der Waals surface area contributed by atoms with Gasteiger partial charge in [0.05, 0.1) is 6.61 Å². The van der Waals surface area contributed by atoms with Gasteiger partial charge in [0.2, 0.25) is 5.91 Å². The average Bonchev–Trinajstić information content (AvgIpc) is 2.25. The van der Waals surface area contributed by atoms with Crippen LogP contribution in [0.25, 0.3) is 0 Å². The summed E-state index contributed by atoms with van der Waals surface area (Å²) in [6, 6.07) is 0. The summed E-state index contributed by atoms with van der Waals surface area (Å²) in [5.41, 5.74) is 5.31. The second-order valence-corrected chi connectivity index (χ2v) is 3.62.